The Kier molecular flexibility index (Phi) is 6.98. The van der Waals surface area contributed by atoms with Gasteiger partial charge in [0.15, 0.2) is 17.5 Å². The van der Waals surface area contributed by atoms with Crippen molar-refractivity contribution < 1.29 is 22.8 Å². The molecule has 0 radical (unpaired) electrons. The van der Waals surface area contributed by atoms with Gasteiger partial charge in [-0.15, -0.1) is 0 Å². The van der Waals surface area contributed by atoms with Gasteiger partial charge in [-0.3, -0.25) is 9.59 Å². The Morgan fingerprint density at radius 2 is 1.52 bits per heavy atom. The summed E-state index contributed by atoms with van der Waals surface area (Å²) in [6, 6.07) is 9.24. The minimum Gasteiger partial charge on any atom is -0.347 e. The molecule has 144 valence electrons. The highest BCUT2D eigenvalue weighted by molar-refractivity contribution is 5.94. The smallest absolute Gasteiger partial charge is 0.243 e. The van der Waals surface area contributed by atoms with Crippen LogP contribution in [0.25, 0.3) is 0 Å². The minimum absolute atomic E-state index is 0.0920. The third-order valence-corrected chi connectivity index (χ3v) is 3.79. The molecule has 0 atom stereocenters. The van der Waals surface area contributed by atoms with E-state index in [4.69, 9.17) is 0 Å². The molecule has 2 rings (SSSR count). The van der Waals surface area contributed by atoms with E-state index < -0.39 is 35.6 Å². The third kappa shape index (κ3) is 6.13. The number of nitrogens with one attached hydrogen (secondary N) is 2. The predicted molar refractivity (Wildman–Crippen MR) is 96.6 cm³/mol. The molecule has 2 amide bonds. The van der Waals surface area contributed by atoms with Crippen molar-refractivity contribution in [2.45, 2.75) is 26.7 Å². The fourth-order valence-corrected chi connectivity index (χ4v) is 2.51. The monoisotopic (exact) mass is 378 g/mol. The normalized spacial score (nSPS) is 10.7. The maximum atomic E-state index is 13.5. The molecule has 0 aliphatic rings. The van der Waals surface area contributed by atoms with Crippen molar-refractivity contribution in [1.82, 2.24) is 5.32 Å². The molecule has 0 aromatic heterocycles. The Morgan fingerprint density at radius 1 is 0.889 bits per heavy atom. The van der Waals surface area contributed by atoms with Crippen LogP contribution in [-0.4, -0.2) is 18.4 Å². The summed E-state index contributed by atoms with van der Waals surface area (Å²) in [4.78, 5) is 23.7. The summed E-state index contributed by atoms with van der Waals surface area (Å²) in [5.41, 5.74) is 1.49. The van der Waals surface area contributed by atoms with Gasteiger partial charge >= 0.3 is 0 Å². The zero-order chi connectivity index (χ0) is 20.0. The molecule has 0 heterocycles. The van der Waals surface area contributed by atoms with E-state index in [0.717, 1.165) is 18.1 Å². The van der Waals surface area contributed by atoms with E-state index in [2.05, 4.69) is 24.5 Å². The third-order valence-electron chi connectivity index (χ3n) is 3.79. The van der Waals surface area contributed by atoms with Gasteiger partial charge in [-0.2, -0.15) is 0 Å². The molecular weight excluding hydrogens is 357 g/mol. The van der Waals surface area contributed by atoms with Gasteiger partial charge in [0, 0.05) is 0 Å². The summed E-state index contributed by atoms with van der Waals surface area (Å²) >= 11 is 0. The van der Waals surface area contributed by atoms with Gasteiger partial charge in [0.1, 0.15) is 0 Å². The van der Waals surface area contributed by atoms with Gasteiger partial charge in [-0.25, -0.2) is 13.2 Å². The second-order valence-electron chi connectivity index (χ2n) is 6.64. The molecular formula is C20H21F3N2O2. The van der Waals surface area contributed by atoms with Gasteiger partial charge in [0.05, 0.1) is 18.7 Å². The van der Waals surface area contributed by atoms with Crippen LogP contribution in [0, 0.1) is 23.4 Å². The highest BCUT2D eigenvalue weighted by atomic mass is 19.2. The van der Waals surface area contributed by atoms with Crippen LogP contribution in [0.3, 0.4) is 0 Å². The topological polar surface area (TPSA) is 58.2 Å². The number of hydrogen-bond donors (Lipinski definition) is 2. The van der Waals surface area contributed by atoms with Crippen LogP contribution in [0.1, 0.15) is 25.0 Å². The summed E-state index contributed by atoms with van der Waals surface area (Å²) in [7, 11) is 0. The zero-order valence-corrected chi connectivity index (χ0v) is 15.1. The Labute approximate surface area is 155 Å². The lowest BCUT2D eigenvalue weighted by atomic mass is 10.0. The highest BCUT2D eigenvalue weighted by Crippen LogP contribution is 2.19. The SMILES string of the molecule is CC(C)Cc1ccc(CC(=O)NCC(=O)Nc2ccc(F)c(F)c2F)cc1. The van der Waals surface area contributed by atoms with Gasteiger partial charge < -0.3 is 10.6 Å². The van der Waals surface area contributed by atoms with E-state index in [-0.39, 0.29) is 12.3 Å². The average molecular weight is 378 g/mol. The van der Waals surface area contributed by atoms with Crippen molar-refractivity contribution in [2.75, 3.05) is 11.9 Å². The number of carbonyl (C=O) groups excluding carboxylic acids is 2. The summed E-state index contributed by atoms with van der Waals surface area (Å²) in [5.74, 6) is -5.10. The first-order valence-corrected chi connectivity index (χ1v) is 8.54. The van der Waals surface area contributed by atoms with Gasteiger partial charge in [0.25, 0.3) is 0 Å². The largest absolute Gasteiger partial charge is 0.347 e. The molecule has 2 N–H and O–H groups in total. The van der Waals surface area contributed by atoms with Crippen LogP contribution in [0.2, 0.25) is 0 Å². The maximum Gasteiger partial charge on any atom is 0.243 e. The van der Waals surface area contributed by atoms with Crippen molar-refractivity contribution in [1.29, 1.82) is 0 Å². The Bertz CT molecular complexity index is 821. The quantitative estimate of drug-likeness (QED) is 0.724. The molecule has 2 aromatic carbocycles. The molecule has 0 aliphatic carbocycles. The lowest BCUT2D eigenvalue weighted by Gasteiger charge is -2.09. The first kappa shape index (κ1) is 20.5. The molecule has 0 saturated carbocycles. The van der Waals surface area contributed by atoms with Crippen molar-refractivity contribution >= 4 is 17.5 Å². The molecule has 7 heteroatoms. The standard InChI is InChI=1S/C20H21F3N2O2/c1-12(2)9-13-3-5-14(6-4-13)10-17(26)24-11-18(27)25-16-8-7-15(21)19(22)20(16)23/h3-8,12H,9-11H2,1-2H3,(H,24,26)(H,25,27). The lowest BCUT2D eigenvalue weighted by Crippen LogP contribution is -2.34. The van der Waals surface area contributed by atoms with E-state index in [1.54, 1.807) is 0 Å². The van der Waals surface area contributed by atoms with Gasteiger partial charge in [0.2, 0.25) is 11.8 Å². The van der Waals surface area contributed by atoms with Crippen LogP contribution in [-0.2, 0) is 22.4 Å². The first-order chi connectivity index (χ1) is 12.8. The Balaban J connectivity index is 1.83. The second kappa shape index (κ2) is 9.21. The maximum absolute atomic E-state index is 13.5. The van der Waals surface area contributed by atoms with E-state index >= 15 is 0 Å². The molecule has 4 nitrogen and oxygen atoms in total. The number of halogens is 3. The second-order valence-corrected chi connectivity index (χ2v) is 6.64. The molecule has 2 aromatic rings. The summed E-state index contributed by atoms with van der Waals surface area (Å²) in [6.45, 7) is 3.83. The van der Waals surface area contributed by atoms with Crippen molar-refractivity contribution in [3.05, 3.63) is 65.0 Å². The van der Waals surface area contributed by atoms with E-state index in [1.165, 1.54) is 5.56 Å². The fourth-order valence-electron chi connectivity index (χ4n) is 2.51. The number of amides is 2. The summed E-state index contributed by atoms with van der Waals surface area (Å²) in [5, 5.41) is 4.49. The Morgan fingerprint density at radius 3 is 2.15 bits per heavy atom. The van der Waals surface area contributed by atoms with Crippen molar-refractivity contribution in [2.24, 2.45) is 5.92 Å². The number of anilines is 1. The van der Waals surface area contributed by atoms with Crippen molar-refractivity contribution in [3.63, 3.8) is 0 Å². The van der Waals surface area contributed by atoms with E-state index in [1.807, 2.05) is 24.3 Å². The lowest BCUT2D eigenvalue weighted by molar-refractivity contribution is -0.123. The van der Waals surface area contributed by atoms with E-state index in [9.17, 15) is 22.8 Å². The fraction of sp³-hybridized carbons (Fsp3) is 0.300. The number of carbonyl (C=O) groups is 2. The Hall–Kier alpha value is -2.83. The van der Waals surface area contributed by atoms with Gasteiger partial charge in [-0.05, 0) is 35.6 Å². The first-order valence-electron chi connectivity index (χ1n) is 8.54. The molecule has 0 aliphatic heterocycles. The molecule has 0 fully saturated rings. The van der Waals surface area contributed by atoms with Gasteiger partial charge in [-0.1, -0.05) is 38.1 Å². The number of hydrogen-bond acceptors (Lipinski definition) is 2. The zero-order valence-electron chi connectivity index (χ0n) is 15.1. The van der Waals surface area contributed by atoms with Crippen LogP contribution in [0.15, 0.2) is 36.4 Å². The minimum atomic E-state index is -1.67. The predicted octanol–water partition coefficient (Wildman–Crippen LogP) is 3.60. The average Bonchev–Trinajstić information content (AvgIpc) is 2.62. The number of benzene rings is 2. The van der Waals surface area contributed by atoms with E-state index in [0.29, 0.717) is 12.0 Å². The van der Waals surface area contributed by atoms with Crippen molar-refractivity contribution in [3.8, 4) is 0 Å². The molecule has 0 spiro atoms. The summed E-state index contributed by atoms with van der Waals surface area (Å²) < 4.78 is 39.5. The molecule has 0 unspecified atom stereocenters. The molecule has 0 saturated heterocycles. The van der Waals surface area contributed by atoms with Crippen LogP contribution >= 0.6 is 0 Å². The van der Waals surface area contributed by atoms with Crippen LogP contribution in [0.4, 0.5) is 18.9 Å². The van der Waals surface area contributed by atoms with Crippen LogP contribution in [0.5, 0.6) is 0 Å². The molecule has 27 heavy (non-hydrogen) atoms. The molecule has 0 bridgehead atoms. The number of rotatable bonds is 7. The van der Waals surface area contributed by atoms with Crippen LogP contribution < -0.4 is 10.6 Å². The summed E-state index contributed by atoms with van der Waals surface area (Å²) in [6.07, 6.45) is 1.04. The highest BCUT2D eigenvalue weighted by Gasteiger charge is 2.15.